The SMILES string of the molecule is N#Cc1cccnc1NCc1ccc(C(=O)Nc2ccncc2)cc1. The van der Waals surface area contributed by atoms with Crippen molar-refractivity contribution in [2.24, 2.45) is 0 Å². The summed E-state index contributed by atoms with van der Waals surface area (Å²) < 4.78 is 0. The monoisotopic (exact) mass is 329 g/mol. The zero-order valence-corrected chi connectivity index (χ0v) is 13.3. The predicted octanol–water partition coefficient (Wildman–Crippen LogP) is 3.21. The third-order valence-corrected chi connectivity index (χ3v) is 3.54. The topological polar surface area (TPSA) is 90.7 Å². The van der Waals surface area contributed by atoms with Gasteiger partial charge in [-0.2, -0.15) is 5.26 Å². The molecule has 3 aromatic rings. The summed E-state index contributed by atoms with van der Waals surface area (Å²) in [5.74, 6) is 0.367. The maximum atomic E-state index is 12.2. The average Bonchev–Trinajstić information content (AvgIpc) is 2.67. The second kappa shape index (κ2) is 7.70. The largest absolute Gasteiger partial charge is 0.365 e. The third-order valence-electron chi connectivity index (χ3n) is 3.54. The molecule has 0 aliphatic rings. The van der Waals surface area contributed by atoms with E-state index >= 15 is 0 Å². The normalized spacial score (nSPS) is 9.88. The van der Waals surface area contributed by atoms with Crippen LogP contribution in [-0.4, -0.2) is 15.9 Å². The number of aromatic nitrogens is 2. The lowest BCUT2D eigenvalue weighted by atomic mass is 10.1. The van der Waals surface area contributed by atoms with Gasteiger partial charge < -0.3 is 10.6 Å². The molecular formula is C19H15N5O. The van der Waals surface area contributed by atoms with Gasteiger partial charge in [0.1, 0.15) is 11.9 Å². The lowest BCUT2D eigenvalue weighted by Crippen LogP contribution is -2.12. The summed E-state index contributed by atoms with van der Waals surface area (Å²) in [4.78, 5) is 20.3. The first kappa shape index (κ1) is 16.1. The lowest BCUT2D eigenvalue weighted by Gasteiger charge is -2.08. The fraction of sp³-hybridized carbons (Fsp3) is 0.0526. The number of hydrogen-bond acceptors (Lipinski definition) is 5. The van der Waals surface area contributed by atoms with Crippen LogP contribution in [0.4, 0.5) is 11.5 Å². The van der Waals surface area contributed by atoms with Crippen LogP contribution in [0.15, 0.2) is 67.1 Å². The van der Waals surface area contributed by atoms with Crippen molar-refractivity contribution in [2.75, 3.05) is 10.6 Å². The molecule has 0 aliphatic carbocycles. The third kappa shape index (κ3) is 4.18. The minimum Gasteiger partial charge on any atom is -0.365 e. The number of nitrogens with one attached hydrogen (secondary N) is 2. The fourth-order valence-electron chi connectivity index (χ4n) is 2.23. The summed E-state index contributed by atoms with van der Waals surface area (Å²) in [7, 11) is 0. The summed E-state index contributed by atoms with van der Waals surface area (Å²) in [6.45, 7) is 0.512. The number of nitriles is 1. The summed E-state index contributed by atoms with van der Waals surface area (Å²) in [5, 5.41) is 15.0. The Morgan fingerprint density at radius 3 is 2.52 bits per heavy atom. The number of benzene rings is 1. The molecule has 122 valence electrons. The van der Waals surface area contributed by atoms with E-state index in [2.05, 4.69) is 26.7 Å². The molecule has 2 aromatic heterocycles. The maximum absolute atomic E-state index is 12.2. The number of amides is 1. The summed E-state index contributed by atoms with van der Waals surface area (Å²) >= 11 is 0. The Hall–Kier alpha value is -3.72. The second-order valence-electron chi connectivity index (χ2n) is 5.25. The molecule has 2 heterocycles. The summed E-state index contributed by atoms with van der Waals surface area (Å²) in [6.07, 6.45) is 4.88. The predicted molar refractivity (Wildman–Crippen MR) is 94.9 cm³/mol. The van der Waals surface area contributed by atoms with Gasteiger partial charge in [0.15, 0.2) is 0 Å². The van der Waals surface area contributed by atoms with Gasteiger partial charge in [-0.15, -0.1) is 0 Å². The van der Waals surface area contributed by atoms with Crippen molar-refractivity contribution in [1.82, 2.24) is 9.97 Å². The quantitative estimate of drug-likeness (QED) is 0.750. The van der Waals surface area contributed by atoms with E-state index in [1.165, 1.54) is 0 Å². The lowest BCUT2D eigenvalue weighted by molar-refractivity contribution is 0.102. The van der Waals surface area contributed by atoms with Crippen LogP contribution in [-0.2, 0) is 6.54 Å². The average molecular weight is 329 g/mol. The van der Waals surface area contributed by atoms with Gasteiger partial charge >= 0.3 is 0 Å². The molecule has 6 nitrogen and oxygen atoms in total. The molecule has 1 aromatic carbocycles. The van der Waals surface area contributed by atoms with Crippen molar-refractivity contribution < 1.29 is 4.79 Å². The number of hydrogen-bond donors (Lipinski definition) is 2. The van der Waals surface area contributed by atoms with Gasteiger partial charge in [-0.25, -0.2) is 4.98 Å². The smallest absolute Gasteiger partial charge is 0.255 e. The molecule has 6 heteroatoms. The molecular weight excluding hydrogens is 314 g/mol. The Morgan fingerprint density at radius 1 is 1.04 bits per heavy atom. The Kier molecular flexibility index (Phi) is 4.98. The number of carbonyl (C=O) groups is 1. The highest BCUT2D eigenvalue weighted by Gasteiger charge is 2.06. The zero-order valence-electron chi connectivity index (χ0n) is 13.3. The van der Waals surface area contributed by atoms with Gasteiger partial charge in [-0.3, -0.25) is 9.78 Å². The highest BCUT2D eigenvalue weighted by atomic mass is 16.1. The highest BCUT2D eigenvalue weighted by molar-refractivity contribution is 6.04. The van der Waals surface area contributed by atoms with Crippen LogP contribution in [0.5, 0.6) is 0 Å². The van der Waals surface area contributed by atoms with Crippen molar-refractivity contribution >= 4 is 17.4 Å². The first-order valence-electron chi connectivity index (χ1n) is 7.65. The fourth-order valence-corrected chi connectivity index (χ4v) is 2.23. The molecule has 0 bridgehead atoms. The van der Waals surface area contributed by atoms with Crippen LogP contribution >= 0.6 is 0 Å². The standard InChI is InChI=1S/C19H15N5O/c20-12-16-2-1-9-22-18(16)23-13-14-3-5-15(6-4-14)19(25)24-17-7-10-21-11-8-17/h1-11H,13H2,(H,22,23)(H,21,24,25). The van der Waals surface area contributed by atoms with Crippen LogP contribution < -0.4 is 10.6 Å². The number of carbonyl (C=O) groups excluding carboxylic acids is 1. The van der Waals surface area contributed by atoms with Gasteiger partial charge in [-0.1, -0.05) is 12.1 Å². The Balaban J connectivity index is 1.62. The molecule has 2 N–H and O–H groups in total. The Bertz CT molecular complexity index is 901. The molecule has 0 atom stereocenters. The van der Waals surface area contributed by atoms with Gasteiger partial charge in [-0.05, 0) is 42.0 Å². The van der Waals surface area contributed by atoms with Gasteiger partial charge in [0.05, 0.1) is 5.56 Å². The minimum atomic E-state index is -0.179. The number of anilines is 2. The van der Waals surface area contributed by atoms with Gasteiger partial charge in [0, 0.05) is 36.4 Å². The number of rotatable bonds is 5. The van der Waals surface area contributed by atoms with Crippen molar-refractivity contribution in [3.05, 3.63) is 83.8 Å². The molecule has 0 unspecified atom stereocenters. The molecule has 0 saturated heterocycles. The van der Waals surface area contributed by atoms with E-state index in [0.29, 0.717) is 29.2 Å². The van der Waals surface area contributed by atoms with Crippen LogP contribution in [0.2, 0.25) is 0 Å². The maximum Gasteiger partial charge on any atom is 0.255 e. The molecule has 0 saturated carbocycles. The molecule has 0 radical (unpaired) electrons. The Morgan fingerprint density at radius 2 is 1.80 bits per heavy atom. The Labute approximate surface area is 145 Å². The van der Waals surface area contributed by atoms with Crippen LogP contribution in [0.1, 0.15) is 21.5 Å². The van der Waals surface area contributed by atoms with Gasteiger partial charge in [0.25, 0.3) is 5.91 Å². The van der Waals surface area contributed by atoms with Crippen LogP contribution in [0.25, 0.3) is 0 Å². The molecule has 0 fully saturated rings. The van der Waals surface area contributed by atoms with E-state index in [9.17, 15) is 4.79 Å². The van der Waals surface area contributed by atoms with Crippen LogP contribution in [0.3, 0.4) is 0 Å². The van der Waals surface area contributed by atoms with Crippen molar-refractivity contribution in [2.45, 2.75) is 6.54 Å². The van der Waals surface area contributed by atoms with Crippen molar-refractivity contribution in [3.63, 3.8) is 0 Å². The minimum absolute atomic E-state index is 0.179. The van der Waals surface area contributed by atoms with E-state index in [1.54, 1.807) is 55.0 Å². The van der Waals surface area contributed by atoms with E-state index in [0.717, 1.165) is 5.56 Å². The summed E-state index contributed by atoms with van der Waals surface area (Å²) in [6, 6.07) is 16.2. The van der Waals surface area contributed by atoms with E-state index in [-0.39, 0.29) is 5.91 Å². The van der Waals surface area contributed by atoms with E-state index in [4.69, 9.17) is 5.26 Å². The molecule has 1 amide bonds. The summed E-state index contributed by atoms with van der Waals surface area (Å²) in [5.41, 5.74) is 2.74. The number of pyridine rings is 2. The molecule has 0 aliphatic heterocycles. The second-order valence-corrected chi connectivity index (χ2v) is 5.25. The highest BCUT2D eigenvalue weighted by Crippen LogP contribution is 2.13. The van der Waals surface area contributed by atoms with Crippen molar-refractivity contribution in [3.8, 4) is 6.07 Å². The first-order chi connectivity index (χ1) is 12.3. The van der Waals surface area contributed by atoms with E-state index in [1.807, 2.05) is 12.1 Å². The zero-order chi connectivity index (χ0) is 17.5. The molecule has 25 heavy (non-hydrogen) atoms. The first-order valence-corrected chi connectivity index (χ1v) is 7.65. The molecule has 0 spiro atoms. The van der Waals surface area contributed by atoms with E-state index < -0.39 is 0 Å². The number of nitrogens with zero attached hydrogens (tertiary/aromatic N) is 3. The van der Waals surface area contributed by atoms with Crippen LogP contribution in [0, 0.1) is 11.3 Å². The molecule has 3 rings (SSSR count). The van der Waals surface area contributed by atoms with Gasteiger partial charge in [0.2, 0.25) is 0 Å². The van der Waals surface area contributed by atoms with Crippen molar-refractivity contribution in [1.29, 1.82) is 5.26 Å².